The van der Waals surface area contributed by atoms with Gasteiger partial charge in [0.1, 0.15) is 18.5 Å². The van der Waals surface area contributed by atoms with Crippen LogP contribution in [0.1, 0.15) is 6.42 Å². The van der Waals surface area contributed by atoms with Crippen LogP contribution in [0.2, 0.25) is 10.0 Å². The van der Waals surface area contributed by atoms with Gasteiger partial charge < -0.3 is 19.7 Å². The fourth-order valence-electron chi connectivity index (χ4n) is 2.16. The van der Waals surface area contributed by atoms with Gasteiger partial charge in [0.2, 0.25) is 9.84 Å². The number of sulfone groups is 1. The van der Waals surface area contributed by atoms with Crippen LogP contribution in [0.4, 0.5) is 0 Å². The molecule has 10 heteroatoms. The lowest BCUT2D eigenvalue weighted by molar-refractivity contribution is 0.0536. The Morgan fingerprint density at radius 1 is 1.00 bits per heavy atom. The molecule has 0 heterocycles. The molecule has 2 aromatic carbocycles. The molecule has 0 amide bonds. The highest BCUT2D eigenvalue weighted by Gasteiger charge is 2.22. The van der Waals surface area contributed by atoms with Gasteiger partial charge in [0.05, 0.1) is 33.0 Å². The zero-order valence-electron chi connectivity index (χ0n) is 14.6. The number of aliphatic hydroxyl groups is 2. The number of hydrogen-bond acceptors (Lipinski definition) is 6. The minimum atomic E-state index is -3.87. The highest BCUT2D eigenvalue weighted by atomic mass is 35.5. The van der Waals surface area contributed by atoms with Crippen LogP contribution in [0, 0.1) is 0 Å². The molecule has 0 aromatic heterocycles. The number of halogens is 3. The molecule has 0 spiro atoms. The summed E-state index contributed by atoms with van der Waals surface area (Å²) in [6.07, 6.45) is -0.428. The first-order chi connectivity index (χ1) is 13.3. The van der Waals surface area contributed by atoms with E-state index in [1.54, 1.807) is 12.1 Å². The summed E-state index contributed by atoms with van der Waals surface area (Å²) in [5.74, 6) is 1.04. The molecule has 0 bridgehead atoms. The molecule has 0 aliphatic rings. The van der Waals surface area contributed by atoms with Crippen LogP contribution in [-0.2, 0) is 9.84 Å². The number of rotatable bonds is 10. The molecule has 154 valence electrons. The highest BCUT2D eigenvalue weighted by molar-refractivity contribution is 7.91. The van der Waals surface area contributed by atoms with E-state index in [4.69, 9.17) is 49.4 Å². The Morgan fingerprint density at radius 2 is 1.61 bits per heavy atom. The number of ether oxygens (including phenoxy) is 2. The monoisotopic (exact) mass is 468 g/mol. The molecular formula is C18H19Cl3O6S. The van der Waals surface area contributed by atoms with Crippen molar-refractivity contribution in [1.29, 1.82) is 0 Å². The van der Waals surface area contributed by atoms with Crippen LogP contribution >= 0.6 is 34.8 Å². The van der Waals surface area contributed by atoms with E-state index in [-0.39, 0.29) is 32.2 Å². The third-order valence-electron chi connectivity index (χ3n) is 3.59. The van der Waals surface area contributed by atoms with E-state index < -0.39 is 22.5 Å². The largest absolute Gasteiger partial charge is 0.494 e. The molecule has 2 rings (SSSR count). The third kappa shape index (κ3) is 5.89. The Morgan fingerprint density at radius 3 is 2.14 bits per heavy atom. The molecule has 28 heavy (non-hydrogen) atoms. The van der Waals surface area contributed by atoms with Gasteiger partial charge in [-0.15, -0.1) is 11.6 Å². The van der Waals surface area contributed by atoms with Gasteiger partial charge in [-0.3, -0.25) is 0 Å². The van der Waals surface area contributed by atoms with Crippen LogP contribution in [0.25, 0.3) is 0 Å². The van der Waals surface area contributed by atoms with Crippen molar-refractivity contribution in [3.05, 3.63) is 46.4 Å². The highest BCUT2D eigenvalue weighted by Crippen LogP contribution is 2.37. The van der Waals surface area contributed by atoms with Crippen LogP contribution in [-0.4, -0.2) is 50.4 Å². The van der Waals surface area contributed by atoms with Gasteiger partial charge in [0.15, 0.2) is 5.75 Å². The Bertz CT molecular complexity index is 864. The van der Waals surface area contributed by atoms with Crippen molar-refractivity contribution >= 4 is 44.6 Å². The SMILES string of the molecule is O=S(=O)(c1ccc(OCCCCl)cc1)c1cc(Cl)c(OCC(O)CO)c(Cl)c1. The molecule has 2 aromatic rings. The average Bonchev–Trinajstić information content (AvgIpc) is 2.67. The fourth-order valence-corrected chi connectivity index (χ4v) is 4.30. The summed E-state index contributed by atoms with van der Waals surface area (Å²) in [4.78, 5) is -0.0536. The van der Waals surface area contributed by atoms with Gasteiger partial charge in [-0.2, -0.15) is 0 Å². The predicted molar refractivity (Wildman–Crippen MR) is 108 cm³/mol. The fraction of sp³-hybridized carbons (Fsp3) is 0.333. The van der Waals surface area contributed by atoms with Crippen LogP contribution in [0.5, 0.6) is 11.5 Å². The van der Waals surface area contributed by atoms with E-state index in [1.807, 2.05) is 0 Å². The first-order valence-electron chi connectivity index (χ1n) is 8.24. The maximum atomic E-state index is 12.8. The van der Waals surface area contributed by atoms with Crippen LogP contribution < -0.4 is 9.47 Å². The van der Waals surface area contributed by atoms with Crippen molar-refractivity contribution in [3.8, 4) is 11.5 Å². The summed E-state index contributed by atoms with van der Waals surface area (Å²) in [6, 6.07) is 8.39. The maximum absolute atomic E-state index is 12.8. The zero-order chi connectivity index (χ0) is 20.7. The first-order valence-corrected chi connectivity index (χ1v) is 11.0. The van der Waals surface area contributed by atoms with E-state index in [9.17, 15) is 13.5 Å². The molecule has 0 saturated carbocycles. The predicted octanol–water partition coefficient (Wildman–Crippen LogP) is 3.57. The van der Waals surface area contributed by atoms with Crippen LogP contribution in [0.3, 0.4) is 0 Å². The smallest absolute Gasteiger partial charge is 0.206 e. The number of hydrogen-bond donors (Lipinski definition) is 2. The third-order valence-corrected chi connectivity index (χ3v) is 6.17. The quantitative estimate of drug-likeness (QED) is 0.408. The summed E-state index contributed by atoms with van der Waals surface area (Å²) in [6.45, 7) is -0.298. The normalized spacial score (nSPS) is 12.6. The van der Waals surface area contributed by atoms with Gasteiger partial charge in [-0.1, -0.05) is 23.2 Å². The second-order valence-electron chi connectivity index (χ2n) is 5.73. The van der Waals surface area contributed by atoms with Crippen molar-refractivity contribution in [2.24, 2.45) is 0 Å². The molecule has 0 fully saturated rings. The second kappa shape index (κ2) is 10.5. The van der Waals surface area contributed by atoms with Gasteiger partial charge >= 0.3 is 0 Å². The lowest BCUT2D eigenvalue weighted by Gasteiger charge is -2.14. The standard InChI is InChI=1S/C18H19Cl3O6S/c19-6-1-7-26-13-2-4-14(5-3-13)28(24,25)15-8-16(20)18(17(21)9-15)27-11-12(23)10-22/h2-5,8-9,12,22-23H,1,6-7,10-11H2. The molecule has 1 atom stereocenters. The minimum Gasteiger partial charge on any atom is -0.494 e. The number of alkyl halides is 1. The average molecular weight is 470 g/mol. The Balaban J connectivity index is 2.23. The Labute approximate surface area is 178 Å². The van der Waals surface area contributed by atoms with E-state index in [2.05, 4.69) is 0 Å². The molecule has 6 nitrogen and oxygen atoms in total. The van der Waals surface area contributed by atoms with E-state index >= 15 is 0 Å². The van der Waals surface area contributed by atoms with E-state index in [0.717, 1.165) is 0 Å². The Kier molecular flexibility index (Phi) is 8.67. The van der Waals surface area contributed by atoms with Gasteiger partial charge in [-0.25, -0.2) is 8.42 Å². The second-order valence-corrected chi connectivity index (χ2v) is 8.87. The lowest BCUT2D eigenvalue weighted by atomic mass is 10.3. The van der Waals surface area contributed by atoms with E-state index in [1.165, 1.54) is 24.3 Å². The minimum absolute atomic E-state index is 0.0258. The van der Waals surface area contributed by atoms with Gasteiger partial charge in [-0.05, 0) is 42.8 Å². The van der Waals surface area contributed by atoms with Crippen molar-refractivity contribution in [2.75, 3.05) is 25.7 Å². The molecule has 0 aliphatic heterocycles. The van der Waals surface area contributed by atoms with Crippen molar-refractivity contribution < 1.29 is 28.1 Å². The summed E-state index contributed by atoms with van der Waals surface area (Å²) in [5.41, 5.74) is 0. The molecule has 0 aliphatic carbocycles. The zero-order valence-corrected chi connectivity index (χ0v) is 17.7. The lowest BCUT2D eigenvalue weighted by Crippen LogP contribution is -2.21. The van der Waals surface area contributed by atoms with E-state index in [0.29, 0.717) is 24.7 Å². The maximum Gasteiger partial charge on any atom is 0.206 e. The van der Waals surface area contributed by atoms with Gasteiger partial charge in [0, 0.05) is 5.88 Å². The van der Waals surface area contributed by atoms with Gasteiger partial charge in [0.25, 0.3) is 0 Å². The molecule has 2 N–H and O–H groups in total. The number of benzene rings is 2. The van der Waals surface area contributed by atoms with Crippen molar-refractivity contribution in [3.63, 3.8) is 0 Å². The summed E-state index contributed by atoms with van der Waals surface area (Å²) in [7, 11) is -3.87. The van der Waals surface area contributed by atoms with Crippen molar-refractivity contribution in [1.82, 2.24) is 0 Å². The Hall–Kier alpha value is -1.22. The summed E-state index contributed by atoms with van der Waals surface area (Å²) in [5, 5.41) is 18.1. The molecular weight excluding hydrogens is 451 g/mol. The topological polar surface area (TPSA) is 93.1 Å². The summed E-state index contributed by atoms with van der Waals surface area (Å²) < 4.78 is 36.4. The number of aliphatic hydroxyl groups excluding tert-OH is 2. The molecule has 0 radical (unpaired) electrons. The van der Waals surface area contributed by atoms with Crippen LogP contribution in [0.15, 0.2) is 46.2 Å². The molecule has 0 saturated heterocycles. The van der Waals surface area contributed by atoms with Crippen molar-refractivity contribution in [2.45, 2.75) is 22.3 Å². The summed E-state index contributed by atoms with van der Waals surface area (Å²) >= 11 is 17.8. The first kappa shape index (κ1) is 23.1. The molecule has 1 unspecified atom stereocenters.